The van der Waals surface area contributed by atoms with Crippen LogP contribution in [0.5, 0.6) is 0 Å². The van der Waals surface area contributed by atoms with Crippen molar-refractivity contribution in [3.05, 3.63) is 0 Å². The molecule has 0 aliphatic carbocycles. The Labute approximate surface area is 69.2 Å². The number of hydrogen-bond donors (Lipinski definition) is 3. The van der Waals surface area contributed by atoms with Crippen molar-refractivity contribution in [1.29, 1.82) is 0 Å². The van der Waals surface area contributed by atoms with E-state index in [2.05, 4.69) is 0 Å². The third-order valence-corrected chi connectivity index (χ3v) is 0.912. The molecule has 0 saturated carbocycles. The standard InChI is InChI=1S/C5H7NO5.CH4/c1-2(4(8)9)6-3(7)5(10)11;/h2H,1H3,(H,6,7)(H,8,9)(H,10,11);1H4/t2-;/m0./s1. The molecule has 0 aromatic carbocycles. The van der Waals surface area contributed by atoms with E-state index >= 15 is 0 Å². The normalized spacial score (nSPS) is 10.8. The van der Waals surface area contributed by atoms with Gasteiger partial charge < -0.3 is 15.5 Å². The molecule has 6 nitrogen and oxygen atoms in total. The minimum atomic E-state index is -1.70. The van der Waals surface area contributed by atoms with Crippen LogP contribution in [0.4, 0.5) is 0 Å². The van der Waals surface area contributed by atoms with Crippen molar-refractivity contribution in [3.8, 4) is 0 Å². The molecule has 3 N–H and O–H groups in total. The average molecular weight is 177 g/mol. The zero-order valence-electron chi connectivity index (χ0n) is 5.70. The molecule has 0 aliphatic rings. The molecular formula is C6H11NO5. The van der Waals surface area contributed by atoms with Crippen LogP contribution in [0.1, 0.15) is 14.4 Å². The lowest BCUT2D eigenvalue weighted by molar-refractivity contribution is -0.151. The molecule has 0 saturated heterocycles. The summed E-state index contributed by atoms with van der Waals surface area (Å²) < 4.78 is 0. The molecule has 0 rings (SSSR count). The summed E-state index contributed by atoms with van der Waals surface area (Å²) in [6.45, 7) is 1.17. The highest BCUT2D eigenvalue weighted by Gasteiger charge is 2.18. The second kappa shape index (κ2) is 5.11. The Hall–Kier alpha value is -1.59. The molecule has 0 bridgehead atoms. The van der Waals surface area contributed by atoms with Gasteiger partial charge >= 0.3 is 17.8 Å². The number of aliphatic carboxylic acids is 2. The number of hydrogen-bond acceptors (Lipinski definition) is 3. The molecule has 1 atom stereocenters. The number of amides is 1. The maximum atomic E-state index is 10.3. The number of carboxylic acid groups (broad SMARTS) is 2. The molecule has 0 aromatic heterocycles. The molecule has 0 spiro atoms. The van der Waals surface area contributed by atoms with Gasteiger partial charge in [-0.3, -0.25) is 9.59 Å². The number of nitrogens with one attached hydrogen (secondary N) is 1. The van der Waals surface area contributed by atoms with E-state index in [-0.39, 0.29) is 7.43 Å². The summed E-state index contributed by atoms with van der Waals surface area (Å²) in [4.78, 5) is 30.2. The minimum Gasteiger partial charge on any atom is -0.480 e. The predicted octanol–water partition coefficient (Wildman–Crippen LogP) is -0.704. The Morgan fingerprint density at radius 3 is 1.92 bits per heavy atom. The molecule has 0 fully saturated rings. The van der Waals surface area contributed by atoms with E-state index in [1.54, 1.807) is 5.32 Å². The van der Waals surface area contributed by atoms with Crippen LogP contribution in [0.25, 0.3) is 0 Å². The molecule has 0 radical (unpaired) electrons. The summed E-state index contributed by atoms with van der Waals surface area (Å²) in [6.07, 6.45) is 0. The van der Waals surface area contributed by atoms with E-state index < -0.39 is 23.9 Å². The van der Waals surface area contributed by atoms with Crippen molar-refractivity contribution in [2.24, 2.45) is 0 Å². The predicted molar refractivity (Wildman–Crippen MR) is 39.6 cm³/mol. The second-order valence-electron chi connectivity index (χ2n) is 1.84. The van der Waals surface area contributed by atoms with Crippen LogP contribution in [0.15, 0.2) is 0 Å². The first-order valence-corrected chi connectivity index (χ1v) is 2.71. The minimum absolute atomic E-state index is 0. The fourth-order valence-corrected chi connectivity index (χ4v) is 0.320. The van der Waals surface area contributed by atoms with Gasteiger partial charge in [0, 0.05) is 0 Å². The van der Waals surface area contributed by atoms with Crippen LogP contribution in [-0.4, -0.2) is 34.1 Å². The van der Waals surface area contributed by atoms with Crippen LogP contribution < -0.4 is 5.32 Å². The van der Waals surface area contributed by atoms with Gasteiger partial charge in [0.1, 0.15) is 6.04 Å². The van der Waals surface area contributed by atoms with Gasteiger partial charge in [0.25, 0.3) is 0 Å². The van der Waals surface area contributed by atoms with Crippen molar-refractivity contribution < 1.29 is 24.6 Å². The van der Waals surface area contributed by atoms with Crippen LogP contribution in [0.2, 0.25) is 0 Å². The Bertz CT molecular complexity index is 200. The van der Waals surface area contributed by atoms with Gasteiger partial charge in [-0.1, -0.05) is 7.43 Å². The van der Waals surface area contributed by atoms with Gasteiger partial charge in [0.15, 0.2) is 0 Å². The highest BCUT2D eigenvalue weighted by atomic mass is 16.4. The van der Waals surface area contributed by atoms with Crippen LogP contribution in [0, 0.1) is 0 Å². The van der Waals surface area contributed by atoms with E-state index in [1.165, 1.54) is 6.92 Å². The fourth-order valence-electron chi connectivity index (χ4n) is 0.320. The summed E-state index contributed by atoms with van der Waals surface area (Å²) in [7, 11) is 0. The second-order valence-corrected chi connectivity index (χ2v) is 1.84. The smallest absolute Gasteiger partial charge is 0.394 e. The number of rotatable bonds is 2. The van der Waals surface area contributed by atoms with E-state index in [1.807, 2.05) is 0 Å². The molecule has 0 aliphatic heterocycles. The highest BCUT2D eigenvalue weighted by molar-refractivity contribution is 6.31. The molecule has 1 amide bonds. The van der Waals surface area contributed by atoms with Crippen molar-refractivity contribution in [2.75, 3.05) is 0 Å². The van der Waals surface area contributed by atoms with Gasteiger partial charge in [0.2, 0.25) is 0 Å². The van der Waals surface area contributed by atoms with E-state index in [9.17, 15) is 14.4 Å². The Kier molecular flexibility index (Phi) is 5.55. The lowest BCUT2D eigenvalue weighted by Crippen LogP contribution is -2.41. The van der Waals surface area contributed by atoms with Crippen molar-refractivity contribution >= 4 is 17.8 Å². The Balaban J connectivity index is 0. The third kappa shape index (κ3) is 4.26. The summed E-state index contributed by atoms with van der Waals surface area (Å²) in [5.74, 6) is -4.29. The van der Waals surface area contributed by atoms with Gasteiger partial charge in [-0.2, -0.15) is 0 Å². The molecule has 12 heavy (non-hydrogen) atoms. The van der Waals surface area contributed by atoms with Gasteiger partial charge in [-0.15, -0.1) is 0 Å². The molecule has 0 unspecified atom stereocenters. The van der Waals surface area contributed by atoms with Gasteiger partial charge in [-0.25, -0.2) is 4.79 Å². The van der Waals surface area contributed by atoms with Crippen molar-refractivity contribution in [1.82, 2.24) is 5.32 Å². The molecule has 0 heterocycles. The quantitative estimate of drug-likeness (QED) is 0.483. The lowest BCUT2D eigenvalue weighted by Gasteiger charge is -2.04. The monoisotopic (exact) mass is 177 g/mol. The zero-order chi connectivity index (χ0) is 9.02. The molecule has 70 valence electrons. The van der Waals surface area contributed by atoms with Gasteiger partial charge in [-0.05, 0) is 6.92 Å². The topological polar surface area (TPSA) is 104 Å². The van der Waals surface area contributed by atoms with E-state index in [0.717, 1.165) is 0 Å². The number of carboxylic acids is 2. The van der Waals surface area contributed by atoms with Crippen LogP contribution in [-0.2, 0) is 14.4 Å². The summed E-state index contributed by atoms with van der Waals surface area (Å²) in [5, 5.41) is 18.0. The van der Waals surface area contributed by atoms with Crippen LogP contribution in [0.3, 0.4) is 0 Å². The third-order valence-electron chi connectivity index (χ3n) is 0.912. The molecule has 6 heteroatoms. The van der Waals surface area contributed by atoms with Crippen LogP contribution >= 0.6 is 0 Å². The van der Waals surface area contributed by atoms with E-state index in [0.29, 0.717) is 0 Å². The van der Waals surface area contributed by atoms with E-state index in [4.69, 9.17) is 10.2 Å². The Morgan fingerprint density at radius 1 is 1.25 bits per heavy atom. The maximum absolute atomic E-state index is 10.3. The number of carbonyl (C=O) groups excluding carboxylic acids is 1. The Morgan fingerprint density at radius 2 is 1.67 bits per heavy atom. The molecular weight excluding hydrogens is 166 g/mol. The molecule has 0 aromatic rings. The number of carbonyl (C=O) groups is 3. The summed E-state index contributed by atoms with van der Waals surface area (Å²) in [6, 6.07) is -1.18. The first-order chi connectivity index (χ1) is 4.95. The summed E-state index contributed by atoms with van der Waals surface area (Å²) in [5.41, 5.74) is 0. The fraction of sp³-hybridized carbons (Fsp3) is 0.500. The largest absolute Gasteiger partial charge is 0.480 e. The maximum Gasteiger partial charge on any atom is 0.394 e. The highest BCUT2D eigenvalue weighted by Crippen LogP contribution is 1.80. The zero-order valence-corrected chi connectivity index (χ0v) is 5.70. The van der Waals surface area contributed by atoms with Gasteiger partial charge in [0.05, 0.1) is 0 Å². The SMILES string of the molecule is C.C[C@H](NC(=O)C(=O)O)C(=O)O. The average Bonchev–Trinajstić information content (AvgIpc) is 1.87. The first-order valence-electron chi connectivity index (χ1n) is 2.71. The lowest BCUT2D eigenvalue weighted by atomic mass is 10.3. The first kappa shape index (κ1) is 13.0. The summed E-state index contributed by atoms with van der Waals surface area (Å²) >= 11 is 0. The van der Waals surface area contributed by atoms with Crippen molar-refractivity contribution in [3.63, 3.8) is 0 Å². The van der Waals surface area contributed by atoms with Crippen molar-refractivity contribution in [2.45, 2.75) is 20.4 Å².